The first-order chi connectivity index (χ1) is 9.01. The molecule has 0 bridgehead atoms. The second kappa shape index (κ2) is 5.73. The Kier molecular flexibility index (Phi) is 4.24. The third kappa shape index (κ3) is 3.56. The normalized spacial score (nSPS) is 11.7. The van der Waals surface area contributed by atoms with Crippen molar-refractivity contribution in [3.63, 3.8) is 0 Å². The molecule has 7 heteroatoms. The fourth-order valence-electron chi connectivity index (χ4n) is 1.52. The molecule has 2 aromatic rings. The van der Waals surface area contributed by atoms with Gasteiger partial charge in [-0.25, -0.2) is 13.1 Å². The Morgan fingerprint density at radius 1 is 1.32 bits per heavy atom. The van der Waals surface area contributed by atoms with Crippen molar-refractivity contribution in [2.45, 2.75) is 24.9 Å². The predicted molar refractivity (Wildman–Crippen MR) is 73.4 cm³/mol. The maximum absolute atomic E-state index is 12.0. The van der Waals surface area contributed by atoms with Crippen LogP contribution < -0.4 is 4.72 Å². The van der Waals surface area contributed by atoms with Crippen LogP contribution in [0.2, 0.25) is 5.02 Å². The molecule has 2 rings (SSSR count). The average Bonchev–Trinajstić information content (AvgIpc) is 2.88. The molecule has 0 aliphatic rings. The van der Waals surface area contributed by atoms with Gasteiger partial charge < -0.3 is 0 Å². The molecule has 0 atom stereocenters. The summed E-state index contributed by atoms with van der Waals surface area (Å²) in [4.78, 5) is 0.170. The van der Waals surface area contributed by atoms with Gasteiger partial charge in [-0.1, -0.05) is 23.7 Å². The van der Waals surface area contributed by atoms with Gasteiger partial charge in [-0.15, -0.1) is 0 Å². The van der Waals surface area contributed by atoms with Crippen LogP contribution in [0.15, 0.2) is 41.6 Å². The first-order valence-corrected chi connectivity index (χ1v) is 7.64. The van der Waals surface area contributed by atoms with Crippen molar-refractivity contribution in [1.29, 1.82) is 0 Å². The van der Waals surface area contributed by atoms with E-state index in [1.54, 1.807) is 28.9 Å². The molecule has 0 saturated heterocycles. The highest BCUT2D eigenvalue weighted by Crippen LogP contribution is 2.11. The molecule has 102 valence electrons. The Balaban J connectivity index is 2.07. The van der Waals surface area contributed by atoms with E-state index in [1.165, 1.54) is 12.4 Å². The second-order valence-electron chi connectivity index (χ2n) is 3.98. The smallest absolute Gasteiger partial charge is 0.243 e. The van der Waals surface area contributed by atoms with E-state index in [4.69, 9.17) is 11.6 Å². The molecule has 0 aliphatic heterocycles. The van der Waals surface area contributed by atoms with E-state index < -0.39 is 10.0 Å². The van der Waals surface area contributed by atoms with Gasteiger partial charge in [0.1, 0.15) is 4.90 Å². The zero-order valence-corrected chi connectivity index (χ0v) is 11.9. The molecule has 1 heterocycles. The zero-order valence-electron chi connectivity index (χ0n) is 10.4. The average molecular weight is 300 g/mol. The molecule has 0 unspecified atom stereocenters. The molecule has 5 nitrogen and oxygen atoms in total. The number of aromatic nitrogens is 2. The van der Waals surface area contributed by atoms with E-state index >= 15 is 0 Å². The summed E-state index contributed by atoms with van der Waals surface area (Å²) in [5, 5.41) is 4.57. The molecule has 0 fully saturated rings. The van der Waals surface area contributed by atoms with Crippen LogP contribution in [-0.4, -0.2) is 18.2 Å². The zero-order chi connectivity index (χ0) is 13.9. The number of aryl methyl sites for hydroxylation is 1. The van der Waals surface area contributed by atoms with E-state index in [0.29, 0.717) is 11.6 Å². The summed E-state index contributed by atoms with van der Waals surface area (Å²) >= 11 is 5.77. The van der Waals surface area contributed by atoms with Crippen molar-refractivity contribution < 1.29 is 8.42 Å². The molecule has 1 N–H and O–H groups in total. The lowest BCUT2D eigenvalue weighted by Crippen LogP contribution is -2.22. The molecule has 19 heavy (non-hydrogen) atoms. The van der Waals surface area contributed by atoms with Crippen LogP contribution in [0.5, 0.6) is 0 Å². The number of hydrogen-bond acceptors (Lipinski definition) is 3. The molecule has 0 amide bonds. The number of sulfonamides is 1. The molecule has 0 spiro atoms. The van der Waals surface area contributed by atoms with Gasteiger partial charge in [0.15, 0.2) is 0 Å². The van der Waals surface area contributed by atoms with Crippen LogP contribution in [-0.2, 0) is 23.1 Å². The van der Waals surface area contributed by atoms with Crippen LogP contribution in [0, 0.1) is 0 Å². The van der Waals surface area contributed by atoms with Crippen LogP contribution in [0.25, 0.3) is 0 Å². The van der Waals surface area contributed by atoms with E-state index in [-0.39, 0.29) is 11.4 Å². The molecule has 0 radical (unpaired) electrons. The number of halogens is 1. The summed E-state index contributed by atoms with van der Waals surface area (Å²) in [6, 6.07) is 7.00. The summed E-state index contributed by atoms with van der Waals surface area (Å²) in [6.07, 6.45) is 2.85. The largest absolute Gasteiger partial charge is 0.272 e. The fraction of sp³-hybridized carbons (Fsp3) is 0.250. The molecule has 0 saturated carbocycles. The Labute approximate surface area is 117 Å². The summed E-state index contributed by atoms with van der Waals surface area (Å²) in [5.41, 5.74) is 0.843. The first-order valence-electron chi connectivity index (χ1n) is 5.78. The highest BCUT2D eigenvalue weighted by molar-refractivity contribution is 7.89. The molecular formula is C12H14ClN3O2S. The lowest BCUT2D eigenvalue weighted by atomic mass is 10.2. The van der Waals surface area contributed by atoms with Gasteiger partial charge in [0.2, 0.25) is 10.0 Å². The summed E-state index contributed by atoms with van der Waals surface area (Å²) in [5.74, 6) is 0. The minimum Gasteiger partial charge on any atom is -0.272 e. The predicted octanol–water partition coefficient (Wildman–Crippen LogP) is 2.03. The SMILES string of the molecule is CCn1cc(S(=O)(=O)NCc2ccc(Cl)cc2)cn1. The summed E-state index contributed by atoms with van der Waals surface area (Å²) < 4.78 is 28.1. The van der Waals surface area contributed by atoms with Crippen molar-refractivity contribution in [3.8, 4) is 0 Å². The van der Waals surface area contributed by atoms with Gasteiger partial charge in [-0.2, -0.15) is 5.10 Å². The van der Waals surface area contributed by atoms with Gasteiger partial charge in [-0.3, -0.25) is 4.68 Å². The maximum Gasteiger partial charge on any atom is 0.243 e. The highest BCUT2D eigenvalue weighted by atomic mass is 35.5. The van der Waals surface area contributed by atoms with Crippen LogP contribution in [0.4, 0.5) is 0 Å². The maximum atomic E-state index is 12.0. The standard InChI is InChI=1S/C12H14ClN3O2S/c1-2-16-9-12(8-14-16)19(17,18)15-7-10-3-5-11(13)6-4-10/h3-6,8-9,15H,2,7H2,1H3. The fourth-order valence-corrected chi connectivity index (χ4v) is 2.62. The molecule has 0 aliphatic carbocycles. The molecule has 1 aromatic carbocycles. The van der Waals surface area contributed by atoms with Crippen molar-refractivity contribution in [3.05, 3.63) is 47.2 Å². The van der Waals surface area contributed by atoms with Gasteiger partial charge >= 0.3 is 0 Å². The lowest BCUT2D eigenvalue weighted by Gasteiger charge is -2.04. The van der Waals surface area contributed by atoms with E-state index in [1.807, 2.05) is 6.92 Å². The summed E-state index contributed by atoms with van der Waals surface area (Å²) in [6.45, 7) is 2.74. The van der Waals surface area contributed by atoms with Gasteiger partial charge in [0.25, 0.3) is 0 Å². The third-order valence-electron chi connectivity index (χ3n) is 2.62. The van der Waals surface area contributed by atoms with Crippen LogP contribution >= 0.6 is 11.6 Å². The Hall–Kier alpha value is -1.37. The van der Waals surface area contributed by atoms with Crippen molar-refractivity contribution in [1.82, 2.24) is 14.5 Å². The molecular weight excluding hydrogens is 286 g/mol. The van der Waals surface area contributed by atoms with Crippen LogP contribution in [0.1, 0.15) is 12.5 Å². The first kappa shape index (κ1) is 14.0. The lowest BCUT2D eigenvalue weighted by molar-refractivity contribution is 0.581. The van der Waals surface area contributed by atoms with E-state index in [2.05, 4.69) is 9.82 Å². The van der Waals surface area contributed by atoms with Gasteiger partial charge in [0.05, 0.1) is 6.20 Å². The third-order valence-corrected chi connectivity index (χ3v) is 4.23. The van der Waals surface area contributed by atoms with Crippen molar-refractivity contribution in [2.75, 3.05) is 0 Å². The second-order valence-corrected chi connectivity index (χ2v) is 6.19. The summed E-state index contributed by atoms with van der Waals surface area (Å²) in [7, 11) is -3.52. The van der Waals surface area contributed by atoms with Crippen LogP contribution in [0.3, 0.4) is 0 Å². The minimum absolute atomic E-state index is 0.170. The number of nitrogens with one attached hydrogen (secondary N) is 1. The number of rotatable bonds is 5. The van der Waals surface area contributed by atoms with Gasteiger partial charge in [-0.05, 0) is 24.6 Å². The van der Waals surface area contributed by atoms with Crippen molar-refractivity contribution in [2.24, 2.45) is 0 Å². The van der Waals surface area contributed by atoms with E-state index in [9.17, 15) is 8.42 Å². The minimum atomic E-state index is -3.52. The van der Waals surface area contributed by atoms with Crippen molar-refractivity contribution >= 4 is 21.6 Å². The molecule has 1 aromatic heterocycles. The monoisotopic (exact) mass is 299 g/mol. The Bertz CT molecular complexity index is 650. The Morgan fingerprint density at radius 3 is 2.58 bits per heavy atom. The van der Waals surface area contributed by atoms with E-state index in [0.717, 1.165) is 5.56 Å². The van der Waals surface area contributed by atoms with Gasteiger partial charge in [0, 0.05) is 24.3 Å². The number of hydrogen-bond donors (Lipinski definition) is 1. The Morgan fingerprint density at radius 2 is 2.00 bits per heavy atom. The highest BCUT2D eigenvalue weighted by Gasteiger charge is 2.15. The topological polar surface area (TPSA) is 64.0 Å². The number of nitrogens with zero attached hydrogens (tertiary/aromatic N) is 2. The number of benzene rings is 1. The quantitative estimate of drug-likeness (QED) is 0.919.